The fraction of sp³-hybridized carbons (Fsp3) is 0.100. The summed E-state index contributed by atoms with van der Waals surface area (Å²) in [5.41, 5.74) is 4.61. The summed E-state index contributed by atoms with van der Waals surface area (Å²) < 4.78 is 5.29. The van der Waals surface area contributed by atoms with Crippen LogP contribution < -0.4 is 10.6 Å². The molecular weight excluding hydrogens is 482 g/mol. The molecule has 1 saturated heterocycles. The molecule has 1 heterocycles. The topological polar surface area (TPSA) is 108 Å². The summed E-state index contributed by atoms with van der Waals surface area (Å²) in [6, 6.07) is 31.2. The third-order valence-electron chi connectivity index (χ3n) is 6.35. The normalized spacial score (nSPS) is 14.6. The van der Waals surface area contributed by atoms with Crippen molar-refractivity contribution < 1.29 is 24.2 Å². The van der Waals surface area contributed by atoms with Gasteiger partial charge in [0.05, 0.1) is 17.4 Å². The summed E-state index contributed by atoms with van der Waals surface area (Å²) in [7, 11) is 0. The first-order chi connectivity index (χ1) is 18.5. The van der Waals surface area contributed by atoms with Crippen molar-refractivity contribution in [2.45, 2.75) is 12.6 Å². The van der Waals surface area contributed by atoms with E-state index in [9.17, 15) is 19.5 Å². The highest BCUT2D eigenvalue weighted by Gasteiger charge is 2.33. The van der Waals surface area contributed by atoms with Crippen LogP contribution in [-0.2, 0) is 11.3 Å². The van der Waals surface area contributed by atoms with Crippen molar-refractivity contribution in [1.82, 2.24) is 4.90 Å². The zero-order valence-corrected chi connectivity index (χ0v) is 20.3. The number of ether oxygens (including phenoxy) is 1. The highest BCUT2D eigenvalue weighted by molar-refractivity contribution is 6.07. The molecule has 0 saturated carbocycles. The number of anilines is 2. The van der Waals surface area contributed by atoms with Crippen molar-refractivity contribution in [3.63, 3.8) is 0 Å². The molecule has 1 atom stereocenters. The van der Waals surface area contributed by atoms with Crippen LogP contribution in [0.3, 0.4) is 0 Å². The SMILES string of the molecule is O=C(O)Nc1ccc(-c2ccccc2)cc1NC(=O)c1ccc(CN2C(=O)OC[C@@H]2c2ccccc2)cc1. The molecule has 1 aliphatic rings. The number of benzene rings is 4. The Hall–Kier alpha value is -5.11. The molecule has 38 heavy (non-hydrogen) atoms. The molecule has 0 bridgehead atoms. The van der Waals surface area contributed by atoms with E-state index in [-0.39, 0.29) is 24.4 Å². The van der Waals surface area contributed by atoms with Crippen molar-refractivity contribution in [3.8, 4) is 11.1 Å². The van der Waals surface area contributed by atoms with E-state index in [4.69, 9.17) is 4.74 Å². The van der Waals surface area contributed by atoms with Gasteiger partial charge in [-0.25, -0.2) is 9.59 Å². The molecule has 8 heteroatoms. The van der Waals surface area contributed by atoms with E-state index < -0.39 is 12.0 Å². The van der Waals surface area contributed by atoms with E-state index in [1.807, 2.05) is 60.7 Å². The molecule has 3 amide bonds. The van der Waals surface area contributed by atoms with Gasteiger partial charge in [-0.3, -0.25) is 15.0 Å². The molecule has 0 aliphatic carbocycles. The Morgan fingerprint density at radius 2 is 1.50 bits per heavy atom. The number of carbonyl (C=O) groups excluding carboxylic acids is 2. The van der Waals surface area contributed by atoms with E-state index in [0.29, 0.717) is 17.8 Å². The first-order valence-electron chi connectivity index (χ1n) is 12.1. The number of amides is 3. The lowest BCUT2D eigenvalue weighted by atomic mass is 10.0. The third kappa shape index (κ3) is 5.49. The molecule has 0 aromatic heterocycles. The van der Waals surface area contributed by atoms with Gasteiger partial charge >= 0.3 is 12.2 Å². The van der Waals surface area contributed by atoms with Gasteiger partial charge in [0.1, 0.15) is 6.61 Å². The molecular formula is C30H25N3O5. The Morgan fingerprint density at radius 1 is 0.816 bits per heavy atom. The molecule has 0 unspecified atom stereocenters. The zero-order valence-electron chi connectivity index (χ0n) is 20.3. The lowest BCUT2D eigenvalue weighted by Crippen LogP contribution is -2.27. The van der Waals surface area contributed by atoms with Gasteiger partial charge in [0.15, 0.2) is 0 Å². The quantitative estimate of drug-likeness (QED) is 0.269. The van der Waals surface area contributed by atoms with Crippen molar-refractivity contribution >= 4 is 29.5 Å². The molecule has 4 aromatic rings. The first-order valence-corrected chi connectivity index (χ1v) is 12.1. The van der Waals surface area contributed by atoms with Crippen LogP contribution in [0.4, 0.5) is 21.0 Å². The summed E-state index contributed by atoms with van der Waals surface area (Å²) >= 11 is 0. The molecule has 1 aliphatic heterocycles. The Morgan fingerprint density at radius 3 is 2.18 bits per heavy atom. The van der Waals surface area contributed by atoms with Crippen LogP contribution in [0, 0.1) is 0 Å². The van der Waals surface area contributed by atoms with Gasteiger partial charge in [0.2, 0.25) is 0 Å². The number of carbonyl (C=O) groups is 3. The van der Waals surface area contributed by atoms with Crippen LogP contribution >= 0.6 is 0 Å². The number of rotatable bonds is 7. The smallest absolute Gasteiger partial charge is 0.410 e. The molecule has 8 nitrogen and oxygen atoms in total. The Kier molecular flexibility index (Phi) is 7.04. The predicted molar refractivity (Wildman–Crippen MR) is 144 cm³/mol. The van der Waals surface area contributed by atoms with E-state index in [0.717, 1.165) is 22.3 Å². The Labute approximate surface area is 219 Å². The standard InChI is InChI=1S/C30H25N3O5/c34-28(31-26-17-24(21-7-3-1-4-8-21)15-16-25(26)32-29(35)36)23-13-11-20(12-14-23)18-33-27(19-38-30(33)37)22-9-5-2-6-10-22/h1-17,27,32H,18-19H2,(H,31,34)(H,35,36)/t27-/m1/s1. The first kappa shape index (κ1) is 24.6. The zero-order chi connectivity index (χ0) is 26.5. The van der Waals surface area contributed by atoms with Gasteiger partial charge in [-0.15, -0.1) is 0 Å². The number of nitrogens with one attached hydrogen (secondary N) is 2. The second kappa shape index (κ2) is 10.9. The van der Waals surface area contributed by atoms with Crippen LogP contribution in [0.2, 0.25) is 0 Å². The van der Waals surface area contributed by atoms with Crippen molar-refractivity contribution in [3.05, 3.63) is 120 Å². The van der Waals surface area contributed by atoms with E-state index >= 15 is 0 Å². The summed E-state index contributed by atoms with van der Waals surface area (Å²) in [4.78, 5) is 38.4. The van der Waals surface area contributed by atoms with Crippen LogP contribution in [-0.4, -0.2) is 34.7 Å². The average Bonchev–Trinajstić information content (AvgIpc) is 3.30. The van der Waals surface area contributed by atoms with Gasteiger partial charge in [0.25, 0.3) is 5.91 Å². The fourth-order valence-electron chi connectivity index (χ4n) is 4.41. The Balaban J connectivity index is 1.32. The minimum atomic E-state index is -1.23. The van der Waals surface area contributed by atoms with Crippen LogP contribution in [0.5, 0.6) is 0 Å². The summed E-state index contributed by atoms with van der Waals surface area (Å²) in [5.74, 6) is -0.391. The van der Waals surface area contributed by atoms with E-state index in [2.05, 4.69) is 10.6 Å². The van der Waals surface area contributed by atoms with Gasteiger partial charge in [-0.05, 0) is 46.5 Å². The molecule has 3 N–H and O–H groups in total. The van der Waals surface area contributed by atoms with E-state index in [1.165, 1.54) is 0 Å². The summed E-state index contributed by atoms with van der Waals surface area (Å²) in [5, 5.41) is 14.4. The molecule has 5 rings (SSSR count). The molecule has 4 aromatic carbocycles. The highest BCUT2D eigenvalue weighted by atomic mass is 16.6. The number of hydrogen-bond donors (Lipinski definition) is 3. The maximum absolute atomic E-state index is 13.1. The summed E-state index contributed by atoms with van der Waals surface area (Å²) in [6.07, 6.45) is -1.61. The second-order valence-corrected chi connectivity index (χ2v) is 8.84. The maximum atomic E-state index is 13.1. The lowest BCUT2D eigenvalue weighted by molar-refractivity contribution is 0.102. The monoisotopic (exact) mass is 507 g/mol. The number of nitrogens with zero attached hydrogens (tertiary/aromatic N) is 1. The van der Waals surface area contributed by atoms with Crippen molar-refractivity contribution in [2.24, 2.45) is 0 Å². The third-order valence-corrected chi connectivity index (χ3v) is 6.35. The minimum Gasteiger partial charge on any atom is -0.465 e. The van der Waals surface area contributed by atoms with Crippen LogP contribution in [0.25, 0.3) is 11.1 Å². The number of carboxylic acid groups (broad SMARTS) is 1. The molecule has 190 valence electrons. The fourth-order valence-corrected chi connectivity index (χ4v) is 4.41. The largest absolute Gasteiger partial charge is 0.465 e. The highest BCUT2D eigenvalue weighted by Crippen LogP contribution is 2.31. The van der Waals surface area contributed by atoms with Gasteiger partial charge < -0.3 is 15.2 Å². The van der Waals surface area contributed by atoms with Crippen molar-refractivity contribution in [2.75, 3.05) is 17.2 Å². The predicted octanol–water partition coefficient (Wildman–Crippen LogP) is 6.39. The summed E-state index contributed by atoms with van der Waals surface area (Å²) in [6.45, 7) is 0.629. The molecule has 0 radical (unpaired) electrons. The lowest BCUT2D eigenvalue weighted by Gasteiger charge is -2.22. The van der Waals surface area contributed by atoms with Crippen molar-refractivity contribution in [1.29, 1.82) is 0 Å². The van der Waals surface area contributed by atoms with Crippen LogP contribution in [0.15, 0.2) is 103 Å². The van der Waals surface area contributed by atoms with Gasteiger partial charge in [-0.1, -0.05) is 78.9 Å². The number of cyclic esters (lactones) is 1. The number of hydrogen-bond acceptors (Lipinski definition) is 4. The van der Waals surface area contributed by atoms with Gasteiger partial charge in [-0.2, -0.15) is 0 Å². The second-order valence-electron chi connectivity index (χ2n) is 8.84. The molecule has 0 spiro atoms. The minimum absolute atomic E-state index is 0.177. The van der Waals surface area contributed by atoms with Gasteiger partial charge in [0, 0.05) is 12.1 Å². The average molecular weight is 508 g/mol. The Bertz CT molecular complexity index is 1460. The maximum Gasteiger partial charge on any atom is 0.410 e. The van der Waals surface area contributed by atoms with E-state index in [1.54, 1.807) is 47.4 Å². The molecule has 1 fully saturated rings. The van der Waals surface area contributed by atoms with Crippen LogP contribution in [0.1, 0.15) is 27.5 Å².